The molecule has 0 bridgehead atoms. The Labute approximate surface area is 359 Å². The van der Waals surface area contributed by atoms with Gasteiger partial charge in [0.25, 0.3) is 0 Å². The molecular formula is C50H96NO7+. The molecule has 0 aromatic heterocycles. The summed E-state index contributed by atoms with van der Waals surface area (Å²) in [5, 5.41) is 9.63. The van der Waals surface area contributed by atoms with Gasteiger partial charge < -0.3 is 23.8 Å². The summed E-state index contributed by atoms with van der Waals surface area (Å²) in [7, 11) is 5.54. The van der Waals surface area contributed by atoms with Gasteiger partial charge in [-0.3, -0.25) is 9.59 Å². The molecule has 8 nitrogen and oxygen atoms in total. The van der Waals surface area contributed by atoms with Crippen molar-refractivity contribution in [1.29, 1.82) is 0 Å². The molecule has 0 saturated heterocycles. The second-order valence-electron chi connectivity index (χ2n) is 18.1. The Bertz CT molecular complexity index is 962. The zero-order chi connectivity index (χ0) is 42.8. The Hall–Kier alpha value is -1.93. The molecule has 0 heterocycles. The van der Waals surface area contributed by atoms with Crippen molar-refractivity contribution in [2.24, 2.45) is 0 Å². The van der Waals surface area contributed by atoms with Crippen LogP contribution in [0.2, 0.25) is 0 Å². The molecule has 1 N–H and O–H groups in total. The number of esters is 2. The number of allylic oxidation sites excluding steroid dienone is 2. The molecule has 0 aliphatic carbocycles. The zero-order valence-electron chi connectivity index (χ0n) is 39.0. The SMILES string of the molecule is CCCCCC/C=C\CCCCCCCC(=O)OC(COCCC(C(=O)O)[N+](C)(C)C)COC(=O)CCCCCCCCCCCCCCCCCCCCCCC. The van der Waals surface area contributed by atoms with Crippen LogP contribution in [0.3, 0.4) is 0 Å². The molecule has 0 amide bonds. The first-order chi connectivity index (χ1) is 28.1. The standard InChI is InChI=1S/C50H95NO7/c1-6-8-10-12-14-16-18-20-21-22-23-24-25-26-27-29-30-32-34-36-38-40-48(52)57-45-46(44-56-43-42-47(50(54)55)51(3,4)5)58-49(53)41-39-37-35-33-31-28-19-17-15-13-11-9-7-2/h17,19,46-47H,6-16,18,20-45H2,1-5H3/p+1/b19-17-. The number of ether oxygens (including phenoxy) is 3. The number of unbranched alkanes of at least 4 members (excludes halogenated alkanes) is 29. The maximum atomic E-state index is 12.7. The van der Waals surface area contributed by atoms with Crippen molar-refractivity contribution in [2.75, 3.05) is 41.0 Å². The number of hydrogen-bond acceptors (Lipinski definition) is 6. The molecule has 8 heteroatoms. The fourth-order valence-electron chi connectivity index (χ4n) is 7.56. The van der Waals surface area contributed by atoms with Gasteiger partial charge in [0, 0.05) is 19.3 Å². The van der Waals surface area contributed by atoms with Crippen LogP contribution in [0.15, 0.2) is 12.2 Å². The summed E-state index contributed by atoms with van der Waals surface area (Å²) in [5.41, 5.74) is 0. The fourth-order valence-corrected chi connectivity index (χ4v) is 7.56. The lowest BCUT2D eigenvalue weighted by atomic mass is 10.0. The molecule has 0 aromatic rings. The summed E-state index contributed by atoms with van der Waals surface area (Å²) in [4.78, 5) is 37.0. The first-order valence-corrected chi connectivity index (χ1v) is 24.7. The van der Waals surface area contributed by atoms with Crippen molar-refractivity contribution in [3.8, 4) is 0 Å². The van der Waals surface area contributed by atoms with Crippen LogP contribution < -0.4 is 0 Å². The van der Waals surface area contributed by atoms with Crippen molar-refractivity contribution >= 4 is 17.9 Å². The van der Waals surface area contributed by atoms with E-state index in [1.54, 1.807) is 0 Å². The van der Waals surface area contributed by atoms with Gasteiger partial charge in [-0.15, -0.1) is 0 Å². The number of likely N-dealkylation sites (N-methyl/N-ethyl adjacent to an activating group) is 1. The van der Waals surface area contributed by atoms with Crippen LogP contribution in [0.1, 0.15) is 239 Å². The van der Waals surface area contributed by atoms with Gasteiger partial charge in [0.15, 0.2) is 12.1 Å². The second kappa shape index (κ2) is 41.8. The van der Waals surface area contributed by atoms with Crippen molar-refractivity contribution in [3.05, 3.63) is 12.2 Å². The Balaban J connectivity index is 4.18. The lowest BCUT2D eigenvalue weighted by Gasteiger charge is -2.31. The zero-order valence-corrected chi connectivity index (χ0v) is 39.0. The number of carboxylic acid groups (broad SMARTS) is 1. The fraction of sp³-hybridized carbons (Fsp3) is 0.900. The summed E-state index contributed by atoms with van der Waals surface area (Å²) in [6, 6.07) is -0.612. The summed E-state index contributed by atoms with van der Waals surface area (Å²) in [6.45, 7) is 4.75. The van der Waals surface area contributed by atoms with Crippen molar-refractivity contribution < 1.29 is 38.2 Å². The first kappa shape index (κ1) is 56.1. The molecule has 0 spiro atoms. The molecule has 0 fully saturated rings. The van der Waals surface area contributed by atoms with E-state index in [9.17, 15) is 19.5 Å². The Morgan fingerprint density at radius 2 is 0.862 bits per heavy atom. The van der Waals surface area contributed by atoms with Crippen LogP contribution in [0.4, 0.5) is 0 Å². The number of rotatable bonds is 45. The third-order valence-corrected chi connectivity index (χ3v) is 11.4. The lowest BCUT2D eigenvalue weighted by Crippen LogP contribution is -2.50. The molecule has 0 aromatic carbocycles. The van der Waals surface area contributed by atoms with E-state index < -0.39 is 18.1 Å². The predicted molar refractivity (Wildman–Crippen MR) is 243 cm³/mol. The number of quaternary nitrogens is 1. The van der Waals surface area contributed by atoms with E-state index >= 15 is 0 Å². The van der Waals surface area contributed by atoms with Gasteiger partial charge in [-0.1, -0.05) is 193 Å². The molecule has 2 unspecified atom stereocenters. The molecule has 0 radical (unpaired) electrons. The average molecular weight is 823 g/mol. The molecule has 58 heavy (non-hydrogen) atoms. The van der Waals surface area contributed by atoms with Gasteiger partial charge in [-0.25, -0.2) is 4.79 Å². The van der Waals surface area contributed by atoms with Crippen molar-refractivity contribution in [2.45, 2.75) is 251 Å². The number of hydrogen-bond donors (Lipinski definition) is 1. The first-order valence-electron chi connectivity index (χ1n) is 24.7. The molecule has 342 valence electrons. The van der Waals surface area contributed by atoms with Gasteiger partial charge in [-0.05, 0) is 38.5 Å². The molecule has 0 aliphatic rings. The third-order valence-electron chi connectivity index (χ3n) is 11.4. The Morgan fingerprint density at radius 3 is 1.26 bits per heavy atom. The van der Waals surface area contributed by atoms with Crippen LogP contribution in [0.25, 0.3) is 0 Å². The topological polar surface area (TPSA) is 99.1 Å². The van der Waals surface area contributed by atoms with Crippen LogP contribution >= 0.6 is 0 Å². The Kier molecular flexibility index (Phi) is 40.4. The largest absolute Gasteiger partial charge is 0.477 e. The van der Waals surface area contributed by atoms with Crippen LogP contribution in [-0.4, -0.2) is 80.6 Å². The van der Waals surface area contributed by atoms with E-state index in [1.165, 1.54) is 154 Å². The highest BCUT2D eigenvalue weighted by Crippen LogP contribution is 2.16. The molecule has 0 aliphatic heterocycles. The minimum Gasteiger partial charge on any atom is -0.477 e. The van der Waals surface area contributed by atoms with E-state index in [0.29, 0.717) is 19.3 Å². The second-order valence-corrected chi connectivity index (χ2v) is 18.1. The molecule has 0 rings (SSSR count). The molecular weight excluding hydrogens is 727 g/mol. The number of nitrogens with zero attached hydrogens (tertiary/aromatic N) is 1. The minimum absolute atomic E-state index is 0.0480. The van der Waals surface area contributed by atoms with Gasteiger partial charge >= 0.3 is 17.9 Å². The minimum atomic E-state index is -0.873. The van der Waals surface area contributed by atoms with Crippen molar-refractivity contribution in [3.63, 3.8) is 0 Å². The highest BCUT2D eigenvalue weighted by Gasteiger charge is 2.31. The molecule has 2 atom stereocenters. The summed E-state index contributed by atoms with van der Waals surface area (Å²) in [5.74, 6) is -1.46. The van der Waals surface area contributed by atoms with E-state index in [2.05, 4.69) is 26.0 Å². The van der Waals surface area contributed by atoms with E-state index in [0.717, 1.165) is 51.4 Å². The lowest BCUT2D eigenvalue weighted by molar-refractivity contribution is -0.887. The van der Waals surface area contributed by atoms with Crippen LogP contribution in [0.5, 0.6) is 0 Å². The van der Waals surface area contributed by atoms with Crippen molar-refractivity contribution in [1.82, 2.24) is 0 Å². The summed E-state index contributed by atoms with van der Waals surface area (Å²) < 4.78 is 17.3. The van der Waals surface area contributed by atoms with E-state index in [1.807, 2.05) is 21.1 Å². The highest BCUT2D eigenvalue weighted by molar-refractivity contribution is 5.72. The summed E-state index contributed by atoms with van der Waals surface area (Å²) in [6.07, 6.45) is 45.5. The Morgan fingerprint density at radius 1 is 0.500 bits per heavy atom. The smallest absolute Gasteiger partial charge is 0.362 e. The summed E-state index contributed by atoms with van der Waals surface area (Å²) >= 11 is 0. The van der Waals surface area contributed by atoms with E-state index in [-0.39, 0.29) is 36.2 Å². The van der Waals surface area contributed by atoms with Gasteiger partial charge in [0.2, 0.25) is 0 Å². The quantitative estimate of drug-likeness (QED) is 0.0283. The predicted octanol–water partition coefficient (Wildman–Crippen LogP) is 13.9. The highest BCUT2D eigenvalue weighted by atomic mass is 16.6. The number of carbonyl (C=O) groups is 3. The van der Waals surface area contributed by atoms with Gasteiger partial charge in [0.05, 0.1) is 34.4 Å². The molecule has 0 saturated carbocycles. The van der Waals surface area contributed by atoms with Crippen LogP contribution in [-0.2, 0) is 28.6 Å². The third kappa shape index (κ3) is 39.5. The number of carbonyl (C=O) groups excluding carboxylic acids is 2. The number of aliphatic carboxylic acids is 1. The monoisotopic (exact) mass is 823 g/mol. The number of carboxylic acids is 1. The maximum absolute atomic E-state index is 12.7. The maximum Gasteiger partial charge on any atom is 0.362 e. The van der Waals surface area contributed by atoms with Crippen LogP contribution in [0, 0.1) is 0 Å². The average Bonchev–Trinajstić information content (AvgIpc) is 3.18. The van der Waals surface area contributed by atoms with Gasteiger partial charge in [-0.2, -0.15) is 0 Å². The normalized spacial score (nSPS) is 12.9. The van der Waals surface area contributed by atoms with E-state index in [4.69, 9.17) is 14.2 Å². The van der Waals surface area contributed by atoms with Gasteiger partial charge in [0.1, 0.15) is 6.61 Å².